The Balaban J connectivity index is 0.999. The molecule has 0 radical (unpaired) electrons. The lowest BCUT2D eigenvalue weighted by molar-refractivity contribution is -0.138. The van der Waals surface area contributed by atoms with Crippen molar-refractivity contribution in [1.29, 1.82) is 0 Å². The molecule has 8 rings (SSSR count). The van der Waals surface area contributed by atoms with Crippen molar-refractivity contribution in [3.63, 3.8) is 0 Å². The Morgan fingerprint density at radius 1 is 0.767 bits per heavy atom. The van der Waals surface area contributed by atoms with Crippen molar-refractivity contribution in [3.8, 4) is 22.5 Å². The van der Waals surface area contributed by atoms with Crippen LogP contribution in [0.15, 0.2) is 48.8 Å². The number of methoxy groups -OCH3 is 1. The molecular weight excluding hydrogens is 769 g/mol. The smallest absolute Gasteiger partial charge is 0.407 e. The molecule has 4 N–H and O–H groups in total. The number of hydrogen-bond donors (Lipinski definition) is 4. The molecule has 2 aliphatic heterocycles. The minimum absolute atomic E-state index is 0.141. The normalized spacial score (nSPS) is 17.9. The number of aromatic amines is 2. The van der Waals surface area contributed by atoms with E-state index in [1.54, 1.807) is 22.2 Å². The van der Waals surface area contributed by atoms with Gasteiger partial charge >= 0.3 is 12.2 Å². The van der Waals surface area contributed by atoms with Gasteiger partial charge in [-0.05, 0) is 60.4 Å². The van der Waals surface area contributed by atoms with Crippen LogP contribution in [-0.2, 0) is 14.3 Å². The molecule has 4 amide bonds. The number of H-pyrrole nitrogens is 2. The third-order valence-corrected chi connectivity index (χ3v) is 11.6. The van der Waals surface area contributed by atoms with Crippen molar-refractivity contribution in [1.82, 2.24) is 59.9 Å². The van der Waals surface area contributed by atoms with E-state index >= 15 is 0 Å². The van der Waals surface area contributed by atoms with Crippen LogP contribution in [0.1, 0.15) is 77.1 Å². The second-order valence-electron chi connectivity index (χ2n) is 16.2. The van der Waals surface area contributed by atoms with Crippen molar-refractivity contribution >= 4 is 57.4 Å². The van der Waals surface area contributed by atoms with Gasteiger partial charge in [0, 0.05) is 31.3 Å². The summed E-state index contributed by atoms with van der Waals surface area (Å²) in [6, 6.07) is 9.88. The van der Waals surface area contributed by atoms with Crippen molar-refractivity contribution in [2.45, 2.75) is 77.5 Å². The van der Waals surface area contributed by atoms with Crippen LogP contribution in [0.5, 0.6) is 0 Å². The SMILES string of the molecule is COC(=O)N[C@H](C(=O)N1CCCC1c1nc2nc(-c3ccc4cc(-c5cnc6[nH]c([C@@H]7CCCN7C(=O)[C@H](C(C)C)N(C)C(=O)O)nc6n5)ccc4c3)cnc2[nH]1)C(C)C. The number of hydrogen-bond acceptors (Lipinski definition) is 11. The topological polar surface area (TPSA) is 228 Å². The number of likely N-dealkylation sites (tertiary alicyclic amines) is 2. The molecule has 2 fully saturated rings. The number of benzene rings is 2. The maximum atomic E-state index is 13.7. The van der Waals surface area contributed by atoms with Crippen molar-refractivity contribution < 1.29 is 29.0 Å². The van der Waals surface area contributed by atoms with Gasteiger partial charge in [0.05, 0.1) is 43.0 Å². The first-order valence-corrected chi connectivity index (χ1v) is 20.2. The maximum Gasteiger partial charge on any atom is 0.407 e. The summed E-state index contributed by atoms with van der Waals surface area (Å²) in [5.74, 6) is 0.401. The molecule has 0 spiro atoms. The van der Waals surface area contributed by atoms with E-state index in [2.05, 4.69) is 25.3 Å². The third-order valence-electron chi connectivity index (χ3n) is 11.6. The summed E-state index contributed by atoms with van der Waals surface area (Å²) >= 11 is 0. The van der Waals surface area contributed by atoms with Crippen LogP contribution in [0, 0.1) is 11.8 Å². The van der Waals surface area contributed by atoms with Crippen molar-refractivity contribution in [2.24, 2.45) is 11.8 Å². The quantitative estimate of drug-likeness (QED) is 0.128. The molecule has 2 aromatic carbocycles. The molecule has 0 aliphatic carbocycles. The van der Waals surface area contributed by atoms with Gasteiger partial charge in [-0.2, -0.15) is 0 Å². The predicted octanol–water partition coefficient (Wildman–Crippen LogP) is 5.85. The summed E-state index contributed by atoms with van der Waals surface area (Å²) in [6.07, 6.45) is 4.57. The van der Waals surface area contributed by atoms with Gasteiger partial charge in [-0.15, -0.1) is 0 Å². The molecule has 4 aromatic heterocycles. The van der Waals surface area contributed by atoms with E-state index in [9.17, 15) is 24.3 Å². The Kier molecular flexibility index (Phi) is 10.8. The van der Waals surface area contributed by atoms with Crippen LogP contribution in [-0.4, -0.2) is 123 Å². The summed E-state index contributed by atoms with van der Waals surface area (Å²) in [6.45, 7) is 8.50. The zero-order chi connectivity index (χ0) is 42.4. The average molecular weight is 817 g/mol. The Morgan fingerprint density at radius 2 is 1.27 bits per heavy atom. The Bertz CT molecular complexity index is 2620. The molecule has 0 bridgehead atoms. The number of fused-ring (bicyclic) bond motifs is 3. The van der Waals surface area contributed by atoms with Crippen LogP contribution in [0.4, 0.5) is 9.59 Å². The molecule has 1 unspecified atom stereocenters. The molecule has 6 aromatic rings. The van der Waals surface area contributed by atoms with Crippen LogP contribution < -0.4 is 5.32 Å². The highest BCUT2D eigenvalue weighted by Gasteiger charge is 2.40. The van der Waals surface area contributed by atoms with Crippen molar-refractivity contribution in [2.75, 3.05) is 27.2 Å². The molecule has 2 saturated heterocycles. The number of rotatable bonds is 10. The van der Waals surface area contributed by atoms with E-state index in [4.69, 9.17) is 24.7 Å². The fourth-order valence-electron chi connectivity index (χ4n) is 8.47. The number of carbonyl (C=O) groups is 4. The number of carbonyl (C=O) groups excluding carboxylic acids is 3. The molecule has 60 heavy (non-hydrogen) atoms. The van der Waals surface area contributed by atoms with E-state index in [1.807, 2.05) is 64.1 Å². The first-order chi connectivity index (χ1) is 28.8. The number of aromatic nitrogens is 8. The molecule has 18 nitrogen and oxygen atoms in total. The first kappa shape index (κ1) is 40.1. The largest absolute Gasteiger partial charge is 0.465 e. The number of amides is 4. The Hall–Kier alpha value is -6.72. The fraction of sp³-hybridized carbons (Fsp3) is 0.429. The molecule has 2 aliphatic rings. The minimum Gasteiger partial charge on any atom is -0.465 e. The maximum absolute atomic E-state index is 13.7. The molecule has 4 atom stereocenters. The Morgan fingerprint density at radius 3 is 1.72 bits per heavy atom. The zero-order valence-corrected chi connectivity index (χ0v) is 34.3. The second-order valence-corrected chi connectivity index (χ2v) is 16.2. The van der Waals surface area contributed by atoms with Gasteiger partial charge in [-0.3, -0.25) is 14.5 Å². The highest BCUT2D eigenvalue weighted by Crippen LogP contribution is 2.35. The van der Waals surface area contributed by atoms with Gasteiger partial charge in [0.2, 0.25) is 11.8 Å². The second kappa shape index (κ2) is 16.1. The number of nitrogens with zero attached hydrogens (tertiary/aromatic N) is 9. The van der Waals surface area contributed by atoms with Gasteiger partial charge in [0.1, 0.15) is 23.7 Å². The number of alkyl carbamates (subject to hydrolysis) is 1. The number of likely N-dealkylation sites (N-methyl/N-ethyl adjacent to an activating group) is 1. The monoisotopic (exact) mass is 816 g/mol. The van der Waals surface area contributed by atoms with Gasteiger partial charge in [0.15, 0.2) is 22.6 Å². The van der Waals surface area contributed by atoms with Crippen molar-refractivity contribution in [3.05, 3.63) is 60.4 Å². The highest BCUT2D eigenvalue weighted by atomic mass is 16.5. The molecule has 18 heteroatoms. The van der Waals surface area contributed by atoms with Gasteiger partial charge in [-0.25, -0.2) is 39.5 Å². The number of nitrogens with one attached hydrogen (secondary N) is 3. The summed E-state index contributed by atoms with van der Waals surface area (Å²) in [4.78, 5) is 90.7. The highest BCUT2D eigenvalue weighted by molar-refractivity contribution is 5.91. The predicted molar refractivity (Wildman–Crippen MR) is 221 cm³/mol. The zero-order valence-electron chi connectivity index (χ0n) is 34.3. The van der Waals surface area contributed by atoms with Crippen LogP contribution in [0.2, 0.25) is 0 Å². The molecular formula is C42H48N12O6. The van der Waals surface area contributed by atoms with E-state index in [0.29, 0.717) is 71.6 Å². The number of imidazole rings is 2. The summed E-state index contributed by atoms with van der Waals surface area (Å²) in [7, 11) is 2.71. The average Bonchev–Trinajstić information content (AvgIpc) is 4.07. The van der Waals surface area contributed by atoms with Gasteiger partial charge < -0.3 is 34.9 Å². The first-order valence-electron chi connectivity index (χ1n) is 20.2. The molecule has 6 heterocycles. The van der Waals surface area contributed by atoms with Crippen LogP contribution in [0.3, 0.4) is 0 Å². The minimum atomic E-state index is -1.15. The summed E-state index contributed by atoms with van der Waals surface area (Å²) < 4.78 is 4.76. The van der Waals surface area contributed by atoms with E-state index < -0.39 is 24.3 Å². The lowest BCUT2D eigenvalue weighted by Gasteiger charge is -2.33. The number of ether oxygens (including phenoxy) is 1. The van der Waals surface area contributed by atoms with Gasteiger partial charge in [0.25, 0.3) is 0 Å². The lowest BCUT2D eigenvalue weighted by Crippen LogP contribution is -2.51. The summed E-state index contributed by atoms with van der Waals surface area (Å²) in [5.41, 5.74) is 4.90. The van der Waals surface area contributed by atoms with Crippen LogP contribution in [0.25, 0.3) is 55.9 Å². The third kappa shape index (κ3) is 7.52. The van der Waals surface area contributed by atoms with E-state index in [-0.39, 0.29) is 35.7 Å². The fourth-order valence-corrected chi connectivity index (χ4v) is 8.47. The van der Waals surface area contributed by atoms with E-state index in [1.165, 1.54) is 14.2 Å². The number of carboxylic acid groups (broad SMARTS) is 1. The Labute approximate surface area is 345 Å². The molecule has 312 valence electrons. The lowest BCUT2D eigenvalue weighted by atomic mass is 10.0. The van der Waals surface area contributed by atoms with Gasteiger partial charge in [-0.1, -0.05) is 52.0 Å². The van der Waals surface area contributed by atoms with E-state index in [0.717, 1.165) is 39.6 Å². The summed E-state index contributed by atoms with van der Waals surface area (Å²) in [5, 5.41) is 14.3. The molecule has 0 saturated carbocycles. The standard InChI is InChI=1S/C42H48N12O6/c1-21(2)31(47-41(57)60-6)39(55)53-15-7-9-29(53)33-48-35-37(50-33)45-27(19-43-35)25-13-11-24-18-26(14-12-23(24)17-25)28-20-44-36-38(46-28)51-34(49-36)30-10-8-16-54(30)40(56)32(22(3)4)52(5)42(58)59/h11-14,17-22,29-32H,7-10,15-16H2,1-6H3,(H,47,57)(H,58,59)(H,43,45,48,50)(H,44,46,49,51)/t29?,30-,31-,32-/m0/s1. The van der Waals surface area contributed by atoms with Crippen LogP contribution >= 0.6 is 0 Å².